The fourth-order valence-corrected chi connectivity index (χ4v) is 8.98. The van der Waals surface area contributed by atoms with Gasteiger partial charge in [-0.25, -0.2) is 0 Å². The Balaban J connectivity index is 3.43. The van der Waals surface area contributed by atoms with Crippen molar-refractivity contribution < 1.29 is 24.5 Å². The molecular weight excluding hydrogens is 803 g/mol. The third-order valence-electron chi connectivity index (χ3n) is 13.5. The van der Waals surface area contributed by atoms with Gasteiger partial charge in [0, 0.05) is 12.8 Å². The van der Waals surface area contributed by atoms with Crippen LogP contribution in [0.2, 0.25) is 0 Å². The molecule has 65 heavy (non-hydrogen) atoms. The van der Waals surface area contributed by atoms with E-state index in [-0.39, 0.29) is 18.5 Å². The summed E-state index contributed by atoms with van der Waals surface area (Å²) >= 11 is 0. The van der Waals surface area contributed by atoms with Gasteiger partial charge in [0.1, 0.15) is 0 Å². The summed E-state index contributed by atoms with van der Waals surface area (Å²) in [4.78, 5) is 24.5. The van der Waals surface area contributed by atoms with Gasteiger partial charge in [-0.1, -0.05) is 250 Å². The lowest BCUT2D eigenvalue weighted by atomic mass is 10.0. The minimum Gasteiger partial charge on any atom is -0.466 e. The van der Waals surface area contributed by atoms with Crippen LogP contribution in [0, 0.1) is 0 Å². The number of hydrogen-bond acceptors (Lipinski definition) is 5. The molecule has 1 amide bonds. The maximum absolute atomic E-state index is 12.5. The lowest BCUT2D eigenvalue weighted by Gasteiger charge is -2.22. The van der Waals surface area contributed by atoms with Crippen LogP contribution in [0.4, 0.5) is 0 Å². The lowest BCUT2D eigenvalue weighted by Crippen LogP contribution is -2.45. The van der Waals surface area contributed by atoms with E-state index in [2.05, 4.69) is 43.5 Å². The number of esters is 1. The molecule has 0 aliphatic heterocycles. The van der Waals surface area contributed by atoms with Crippen molar-refractivity contribution in [1.82, 2.24) is 5.32 Å². The first-order chi connectivity index (χ1) is 32.0. The molecule has 6 heteroatoms. The van der Waals surface area contributed by atoms with E-state index in [0.717, 1.165) is 57.8 Å². The third-order valence-corrected chi connectivity index (χ3v) is 13.5. The summed E-state index contributed by atoms with van der Waals surface area (Å²) in [6, 6.07) is -0.550. The molecule has 0 aromatic carbocycles. The maximum atomic E-state index is 12.5. The Morgan fingerprint density at radius 1 is 0.415 bits per heavy atom. The molecule has 384 valence electrons. The van der Waals surface area contributed by atoms with E-state index in [9.17, 15) is 19.8 Å². The van der Waals surface area contributed by atoms with Gasteiger partial charge < -0.3 is 20.3 Å². The number of aliphatic hydroxyl groups excluding tert-OH is 2. The molecule has 0 aliphatic carbocycles. The largest absolute Gasteiger partial charge is 0.466 e. The van der Waals surface area contributed by atoms with E-state index in [1.165, 1.54) is 225 Å². The molecular formula is C59H113NO5. The fourth-order valence-electron chi connectivity index (χ4n) is 8.98. The Morgan fingerprint density at radius 2 is 0.723 bits per heavy atom. The van der Waals surface area contributed by atoms with Crippen molar-refractivity contribution in [2.75, 3.05) is 13.2 Å². The van der Waals surface area contributed by atoms with Crippen LogP contribution in [0.1, 0.15) is 316 Å². The highest BCUT2D eigenvalue weighted by atomic mass is 16.5. The van der Waals surface area contributed by atoms with Crippen LogP contribution in [0.3, 0.4) is 0 Å². The average Bonchev–Trinajstić information content (AvgIpc) is 3.31. The summed E-state index contributed by atoms with van der Waals surface area (Å²) in [5.74, 6) is -0.0512. The average molecular weight is 917 g/mol. The summed E-state index contributed by atoms with van der Waals surface area (Å²) in [6.45, 7) is 4.94. The molecule has 0 bridgehead atoms. The van der Waals surface area contributed by atoms with Crippen LogP contribution in [0.15, 0.2) is 24.3 Å². The second-order valence-electron chi connectivity index (χ2n) is 20.0. The Hall–Kier alpha value is -1.66. The minimum absolute atomic E-state index is 0.00452. The standard InChI is InChI=1S/C59H113NO5/c1-3-5-7-9-11-13-15-17-18-19-22-25-29-33-37-41-45-49-53-59(64)65-54-50-46-42-38-34-30-26-23-20-21-24-28-32-36-40-44-48-52-58(63)60-56(55-61)57(62)51-47-43-39-35-31-27-16-14-12-10-8-6-4-2/h18-20,23,56-57,61-62H,3-17,21-22,24-55H2,1-2H3,(H,60,63)/b19-18-,23-20-. The minimum atomic E-state index is -0.671. The van der Waals surface area contributed by atoms with Gasteiger partial charge in [-0.3, -0.25) is 9.59 Å². The zero-order valence-corrected chi connectivity index (χ0v) is 43.7. The monoisotopic (exact) mass is 916 g/mol. The van der Waals surface area contributed by atoms with E-state index < -0.39 is 12.1 Å². The molecule has 0 saturated carbocycles. The van der Waals surface area contributed by atoms with Crippen molar-refractivity contribution in [2.24, 2.45) is 0 Å². The van der Waals surface area contributed by atoms with Crippen LogP contribution < -0.4 is 5.32 Å². The summed E-state index contributed by atoms with van der Waals surface area (Å²) in [7, 11) is 0. The third kappa shape index (κ3) is 51.6. The van der Waals surface area contributed by atoms with Crippen LogP contribution in [0.5, 0.6) is 0 Å². The number of aliphatic hydroxyl groups is 2. The molecule has 0 aliphatic rings. The van der Waals surface area contributed by atoms with Gasteiger partial charge in [-0.2, -0.15) is 0 Å². The van der Waals surface area contributed by atoms with Gasteiger partial charge in [-0.05, 0) is 77.0 Å². The van der Waals surface area contributed by atoms with E-state index in [1.54, 1.807) is 0 Å². The van der Waals surface area contributed by atoms with E-state index in [1.807, 2.05) is 0 Å². The van der Waals surface area contributed by atoms with Gasteiger partial charge in [0.15, 0.2) is 0 Å². The van der Waals surface area contributed by atoms with E-state index >= 15 is 0 Å². The first kappa shape index (κ1) is 63.3. The Kier molecular flexibility index (Phi) is 53.5. The van der Waals surface area contributed by atoms with Crippen molar-refractivity contribution in [3.05, 3.63) is 24.3 Å². The maximum Gasteiger partial charge on any atom is 0.305 e. The number of nitrogens with one attached hydrogen (secondary N) is 1. The molecule has 2 atom stereocenters. The summed E-state index contributed by atoms with van der Waals surface area (Å²) in [5, 5.41) is 23.2. The molecule has 6 nitrogen and oxygen atoms in total. The molecule has 3 N–H and O–H groups in total. The number of carbonyl (C=O) groups excluding carboxylic acids is 2. The zero-order chi connectivity index (χ0) is 47.2. The molecule has 0 rings (SSSR count). The first-order valence-corrected chi connectivity index (χ1v) is 29.1. The first-order valence-electron chi connectivity index (χ1n) is 29.1. The van der Waals surface area contributed by atoms with E-state index in [0.29, 0.717) is 25.9 Å². The Labute approximate surface area is 405 Å². The second-order valence-corrected chi connectivity index (χ2v) is 20.0. The highest BCUT2D eigenvalue weighted by Gasteiger charge is 2.20. The Morgan fingerprint density at radius 3 is 1.09 bits per heavy atom. The van der Waals surface area contributed by atoms with Crippen molar-refractivity contribution >= 4 is 11.9 Å². The van der Waals surface area contributed by atoms with Crippen molar-refractivity contribution in [3.8, 4) is 0 Å². The molecule has 0 aromatic rings. The van der Waals surface area contributed by atoms with Gasteiger partial charge in [0.25, 0.3) is 0 Å². The molecule has 0 heterocycles. The molecule has 0 spiro atoms. The number of unbranched alkanes of at least 4 members (excludes halogenated alkanes) is 39. The molecule has 0 fully saturated rings. The number of carbonyl (C=O) groups is 2. The summed E-state index contributed by atoms with van der Waals surface area (Å²) < 4.78 is 5.48. The summed E-state index contributed by atoms with van der Waals surface area (Å²) in [6.07, 6.45) is 65.9. The number of amides is 1. The summed E-state index contributed by atoms with van der Waals surface area (Å²) in [5.41, 5.74) is 0. The highest BCUT2D eigenvalue weighted by Crippen LogP contribution is 2.17. The lowest BCUT2D eigenvalue weighted by molar-refractivity contribution is -0.143. The van der Waals surface area contributed by atoms with Crippen LogP contribution in [-0.2, 0) is 14.3 Å². The quantitative estimate of drug-likeness (QED) is 0.0321. The molecule has 0 aromatic heterocycles. The van der Waals surface area contributed by atoms with Crippen LogP contribution in [0.25, 0.3) is 0 Å². The van der Waals surface area contributed by atoms with Gasteiger partial charge in [0.05, 0.1) is 25.4 Å². The topological polar surface area (TPSA) is 95.9 Å². The predicted octanol–water partition coefficient (Wildman–Crippen LogP) is 17.9. The van der Waals surface area contributed by atoms with Crippen LogP contribution >= 0.6 is 0 Å². The normalized spacial score (nSPS) is 12.7. The van der Waals surface area contributed by atoms with Gasteiger partial charge >= 0.3 is 5.97 Å². The SMILES string of the molecule is CCCCCCCCC/C=C\CCCCCCCCCC(=O)OCCCCCCCC/C=C\CCCCCCCCCC(=O)NC(CO)C(O)CCCCCCCCCCCCCCC. The smallest absolute Gasteiger partial charge is 0.305 e. The predicted molar refractivity (Wildman–Crippen MR) is 283 cm³/mol. The van der Waals surface area contributed by atoms with Crippen molar-refractivity contribution in [3.63, 3.8) is 0 Å². The number of hydrogen-bond donors (Lipinski definition) is 3. The molecule has 2 unspecified atom stereocenters. The van der Waals surface area contributed by atoms with Crippen molar-refractivity contribution in [1.29, 1.82) is 0 Å². The Bertz CT molecular complexity index is 1010. The number of ether oxygens (including phenoxy) is 1. The zero-order valence-electron chi connectivity index (χ0n) is 43.7. The highest BCUT2D eigenvalue weighted by molar-refractivity contribution is 5.76. The van der Waals surface area contributed by atoms with Crippen molar-refractivity contribution in [2.45, 2.75) is 328 Å². The molecule has 0 radical (unpaired) electrons. The fraction of sp³-hybridized carbons (Fsp3) is 0.898. The van der Waals surface area contributed by atoms with Gasteiger partial charge in [-0.15, -0.1) is 0 Å². The number of allylic oxidation sites excluding steroid dienone is 4. The number of rotatable bonds is 54. The van der Waals surface area contributed by atoms with Gasteiger partial charge in [0.2, 0.25) is 5.91 Å². The van der Waals surface area contributed by atoms with Crippen LogP contribution in [-0.4, -0.2) is 47.4 Å². The molecule has 0 saturated heterocycles. The van der Waals surface area contributed by atoms with E-state index in [4.69, 9.17) is 4.74 Å². The second kappa shape index (κ2) is 54.9.